The van der Waals surface area contributed by atoms with Crippen LogP contribution in [0.3, 0.4) is 0 Å². The van der Waals surface area contributed by atoms with Crippen LogP contribution >= 0.6 is 23.1 Å². The fraction of sp³-hybridized carbons (Fsp3) is 0.316. The number of thiazole rings is 1. The van der Waals surface area contributed by atoms with Crippen LogP contribution in [0.2, 0.25) is 0 Å². The number of hydrogen-bond donors (Lipinski definition) is 3. The number of carbonyl (C=O) groups excluding carboxylic acids is 2. The van der Waals surface area contributed by atoms with Crippen LogP contribution in [0, 0.1) is 0 Å². The van der Waals surface area contributed by atoms with Gasteiger partial charge in [0.2, 0.25) is 0 Å². The zero-order chi connectivity index (χ0) is 22.1. The number of nitrogen functional groups attached to an aromatic ring is 1. The molecule has 0 spiro atoms. The number of rotatable bonds is 7. The number of nitrogens with one attached hydrogen (secondary N) is 1. The maximum atomic E-state index is 13.0. The molecule has 4 N–H and O–H groups in total. The second-order valence-electron chi connectivity index (χ2n) is 6.90. The van der Waals surface area contributed by atoms with E-state index in [1.54, 1.807) is 5.38 Å². The number of aliphatic carboxylic acids is 1. The topological polar surface area (TPSA) is 147 Å². The Bertz CT molecular complexity index is 1050. The minimum absolute atomic E-state index is 0.0962. The Morgan fingerprint density at radius 2 is 2.29 bits per heavy atom. The van der Waals surface area contributed by atoms with Crippen molar-refractivity contribution in [3.8, 4) is 0 Å². The van der Waals surface area contributed by atoms with Gasteiger partial charge in [0.05, 0.1) is 0 Å². The number of nitrogens with zero attached hydrogens (tertiary/aromatic N) is 3. The smallest absolute Gasteiger partial charge is 0.352 e. The van der Waals surface area contributed by atoms with Gasteiger partial charge in [0.1, 0.15) is 28.9 Å². The van der Waals surface area contributed by atoms with E-state index in [-0.39, 0.29) is 28.3 Å². The molecule has 3 atom stereocenters. The number of aromatic nitrogens is 1. The lowest BCUT2D eigenvalue weighted by Gasteiger charge is -2.49. The number of anilines is 1. The molecule has 0 bridgehead atoms. The summed E-state index contributed by atoms with van der Waals surface area (Å²) in [6.07, 6.45) is 6.63. The Kier molecular flexibility index (Phi) is 5.83. The molecule has 1 fully saturated rings. The fourth-order valence-corrected chi connectivity index (χ4v) is 5.31. The second kappa shape index (κ2) is 8.55. The summed E-state index contributed by atoms with van der Waals surface area (Å²) < 4.78 is 0. The van der Waals surface area contributed by atoms with Gasteiger partial charge in [0, 0.05) is 11.1 Å². The van der Waals surface area contributed by atoms with Crippen molar-refractivity contribution in [2.24, 2.45) is 5.16 Å². The maximum absolute atomic E-state index is 13.0. The monoisotopic (exact) mass is 461 g/mol. The van der Waals surface area contributed by atoms with Crippen LogP contribution in [-0.2, 0) is 19.2 Å². The molecule has 162 valence electrons. The zero-order valence-corrected chi connectivity index (χ0v) is 17.8. The summed E-state index contributed by atoms with van der Waals surface area (Å²) in [5.41, 5.74) is 6.19. The van der Waals surface area contributed by atoms with Gasteiger partial charge in [-0.2, -0.15) is 0 Å². The summed E-state index contributed by atoms with van der Waals surface area (Å²) >= 11 is 2.50. The van der Waals surface area contributed by atoms with Crippen LogP contribution in [0.4, 0.5) is 5.13 Å². The van der Waals surface area contributed by atoms with Crippen LogP contribution in [-0.4, -0.2) is 61.8 Å². The first kappa shape index (κ1) is 21.1. The Morgan fingerprint density at radius 1 is 1.48 bits per heavy atom. The van der Waals surface area contributed by atoms with Gasteiger partial charge in [0.15, 0.2) is 10.8 Å². The van der Waals surface area contributed by atoms with Gasteiger partial charge in [-0.05, 0) is 24.5 Å². The van der Waals surface area contributed by atoms with Gasteiger partial charge in [-0.3, -0.25) is 14.5 Å². The number of carboxylic acids is 1. The third kappa shape index (κ3) is 3.95. The van der Waals surface area contributed by atoms with Crippen LogP contribution in [0.5, 0.6) is 0 Å². The van der Waals surface area contributed by atoms with Gasteiger partial charge >= 0.3 is 5.97 Å². The average molecular weight is 462 g/mol. The van der Waals surface area contributed by atoms with E-state index >= 15 is 0 Å². The van der Waals surface area contributed by atoms with Crippen molar-refractivity contribution in [2.75, 3.05) is 11.5 Å². The van der Waals surface area contributed by atoms with Crippen molar-refractivity contribution >= 4 is 51.7 Å². The van der Waals surface area contributed by atoms with Crippen molar-refractivity contribution < 1.29 is 24.3 Å². The Hall–Kier alpha value is -3.12. The van der Waals surface area contributed by atoms with Crippen molar-refractivity contribution in [2.45, 2.75) is 30.4 Å². The Morgan fingerprint density at radius 3 is 2.90 bits per heavy atom. The molecule has 1 aliphatic carbocycles. The van der Waals surface area contributed by atoms with E-state index < -0.39 is 29.2 Å². The van der Waals surface area contributed by atoms with Gasteiger partial charge in [-0.25, -0.2) is 9.78 Å². The number of carbonyl (C=O) groups is 3. The van der Waals surface area contributed by atoms with Crippen molar-refractivity contribution in [3.63, 3.8) is 0 Å². The van der Waals surface area contributed by atoms with E-state index in [2.05, 4.69) is 22.0 Å². The zero-order valence-electron chi connectivity index (χ0n) is 16.2. The van der Waals surface area contributed by atoms with E-state index in [4.69, 9.17) is 10.6 Å². The first-order valence-electron chi connectivity index (χ1n) is 9.37. The quantitative estimate of drug-likeness (QED) is 0.237. The van der Waals surface area contributed by atoms with Crippen molar-refractivity contribution in [1.82, 2.24) is 15.2 Å². The molecule has 0 saturated carbocycles. The summed E-state index contributed by atoms with van der Waals surface area (Å²) in [6, 6.07) is -0.897. The molecule has 10 nitrogen and oxygen atoms in total. The van der Waals surface area contributed by atoms with Crippen LogP contribution in [0.15, 0.2) is 46.6 Å². The van der Waals surface area contributed by atoms with Gasteiger partial charge < -0.3 is 21.0 Å². The summed E-state index contributed by atoms with van der Waals surface area (Å²) in [4.78, 5) is 48.0. The third-order valence-electron chi connectivity index (χ3n) is 4.96. The molecule has 3 heterocycles. The Labute approximate surface area is 185 Å². The molecule has 0 radical (unpaired) electrons. The first-order valence-corrected chi connectivity index (χ1v) is 11.3. The maximum Gasteiger partial charge on any atom is 0.352 e. The predicted molar refractivity (Wildman–Crippen MR) is 116 cm³/mol. The van der Waals surface area contributed by atoms with Crippen molar-refractivity contribution in [1.29, 1.82) is 0 Å². The fourth-order valence-electron chi connectivity index (χ4n) is 3.42. The van der Waals surface area contributed by atoms with E-state index in [0.29, 0.717) is 11.3 Å². The first-order chi connectivity index (χ1) is 14.9. The number of thioether (sulfide) groups is 1. The molecule has 3 aliphatic rings. The molecule has 2 aliphatic heterocycles. The van der Waals surface area contributed by atoms with Gasteiger partial charge in [0.25, 0.3) is 11.8 Å². The molecule has 1 aromatic rings. The minimum atomic E-state index is -1.21. The summed E-state index contributed by atoms with van der Waals surface area (Å²) in [7, 11) is 0. The number of carboxylic acid groups (broad SMARTS) is 1. The van der Waals surface area contributed by atoms with Gasteiger partial charge in [-0.15, -0.1) is 23.1 Å². The number of β-lactam (4-membered cyclic amide) rings is 1. The molecular weight excluding hydrogens is 442 g/mol. The average Bonchev–Trinajstić information content (AvgIpc) is 3.42. The minimum Gasteiger partial charge on any atom is -0.477 e. The molecule has 31 heavy (non-hydrogen) atoms. The summed E-state index contributed by atoms with van der Waals surface area (Å²) in [5, 5.41) is 17.4. The number of oxime groups is 1. The molecule has 1 aromatic heterocycles. The second-order valence-corrected chi connectivity index (χ2v) is 8.90. The molecular formula is C19H19N5O5S2. The Balaban J connectivity index is 1.53. The van der Waals surface area contributed by atoms with Crippen molar-refractivity contribution in [3.05, 3.63) is 47.2 Å². The molecule has 2 amide bonds. The summed E-state index contributed by atoms with van der Waals surface area (Å²) in [6.45, 7) is 3.61. The predicted octanol–water partition coefficient (Wildman–Crippen LogP) is 1.09. The van der Waals surface area contributed by atoms with Crippen LogP contribution < -0.4 is 11.1 Å². The lowest BCUT2D eigenvalue weighted by Crippen LogP contribution is -2.71. The highest BCUT2D eigenvalue weighted by Gasteiger charge is 2.54. The molecule has 0 aromatic carbocycles. The van der Waals surface area contributed by atoms with E-state index in [9.17, 15) is 19.5 Å². The molecule has 2 unspecified atom stereocenters. The van der Waals surface area contributed by atoms with E-state index in [1.165, 1.54) is 22.7 Å². The standard InChI is InChI=1S/C19H19N5O5S2/c1-2-9-7-30-17-13(16(26)24(17)14(9)18(27)28)22-15(25)12(11-8-31-19(20)21-11)23-29-10-5-3-4-6-10/h2-3,5,8,10,13,17H,1,4,6-7H2,(H2,20,21)(H,22,25)(H,27,28)/b23-12+/t10?,13?,17-/m1/s1. The van der Waals surface area contributed by atoms with E-state index in [1.807, 2.05) is 12.2 Å². The van der Waals surface area contributed by atoms with Crippen LogP contribution in [0.1, 0.15) is 18.5 Å². The highest BCUT2D eigenvalue weighted by Crippen LogP contribution is 2.40. The SMILES string of the molecule is C=CC1=C(C(=O)O)N2C(=O)C(NC(=O)/C(=N/OC3C=CCC3)c3csc(N)n3)[C@H]2SC1. The highest BCUT2D eigenvalue weighted by molar-refractivity contribution is 8.00. The third-order valence-corrected chi connectivity index (χ3v) is 6.94. The van der Waals surface area contributed by atoms with Crippen LogP contribution in [0.25, 0.3) is 0 Å². The number of nitrogens with two attached hydrogens (primary N) is 1. The number of amides is 2. The van der Waals surface area contributed by atoms with Gasteiger partial charge in [-0.1, -0.05) is 23.9 Å². The highest BCUT2D eigenvalue weighted by atomic mass is 32.2. The number of hydrogen-bond acceptors (Lipinski definition) is 9. The molecule has 12 heteroatoms. The number of fused-ring (bicyclic) bond motifs is 1. The molecule has 4 rings (SSSR count). The number of allylic oxidation sites excluding steroid dienone is 2. The molecule has 1 saturated heterocycles. The van der Waals surface area contributed by atoms with E-state index in [0.717, 1.165) is 24.2 Å². The lowest BCUT2D eigenvalue weighted by atomic mass is 10.0. The summed E-state index contributed by atoms with van der Waals surface area (Å²) in [5.74, 6) is -2.01. The lowest BCUT2D eigenvalue weighted by molar-refractivity contribution is -0.150. The largest absolute Gasteiger partial charge is 0.477 e. The normalized spacial score (nSPS) is 25.2.